The Kier molecular flexibility index (Phi) is 5.15. The van der Waals surface area contributed by atoms with Gasteiger partial charge in [0.1, 0.15) is 0 Å². The lowest BCUT2D eigenvalue weighted by molar-refractivity contribution is -0.120. The Balaban J connectivity index is 1.65. The van der Waals surface area contributed by atoms with Crippen molar-refractivity contribution >= 4 is 22.4 Å². The predicted octanol–water partition coefficient (Wildman–Crippen LogP) is 1.12. The van der Waals surface area contributed by atoms with E-state index in [9.17, 15) is 4.79 Å². The van der Waals surface area contributed by atoms with Crippen LogP contribution in [0.2, 0.25) is 0 Å². The molecule has 0 radical (unpaired) electrons. The summed E-state index contributed by atoms with van der Waals surface area (Å²) in [5.74, 6) is 0.515. The molecule has 1 unspecified atom stereocenters. The first-order chi connectivity index (χ1) is 9.13. The summed E-state index contributed by atoms with van der Waals surface area (Å²) in [7, 11) is 0. The maximum atomic E-state index is 11.8. The molecule has 2 heterocycles. The van der Waals surface area contributed by atoms with E-state index in [4.69, 9.17) is 5.73 Å². The molecule has 0 aromatic carbocycles. The van der Waals surface area contributed by atoms with Crippen molar-refractivity contribution in [2.75, 3.05) is 31.9 Å². The fraction of sp³-hybridized carbons (Fsp3) is 0.692. The van der Waals surface area contributed by atoms with Crippen molar-refractivity contribution in [2.45, 2.75) is 26.2 Å². The van der Waals surface area contributed by atoms with Gasteiger partial charge in [-0.3, -0.25) is 4.79 Å². The summed E-state index contributed by atoms with van der Waals surface area (Å²) in [6.07, 6.45) is 2.94. The Morgan fingerprint density at radius 2 is 2.32 bits per heavy atom. The number of rotatable bonds is 6. The number of nitrogens with zero attached hydrogens (tertiary/aromatic N) is 2. The van der Waals surface area contributed by atoms with Crippen LogP contribution in [0.15, 0.2) is 5.38 Å². The van der Waals surface area contributed by atoms with Crippen LogP contribution in [-0.2, 0) is 11.2 Å². The van der Waals surface area contributed by atoms with Gasteiger partial charge in [0.25, 0.3) is 0 Å². The molecule has 3 N–H and O–H groups in total. The van der Waals surface area contributed by atoms with Gasteiger partial charge in [0.2, 0.25) is 5.91 Å². The van der Waals surface area contributed by atoms with Crippen LogP contribution in [0.3, 0.4) is 0 Å². The van der Waals surface area contributed by atoms with Gasteiger partial charge in [-0.25, -0.2) is 4.98 Å². The highest BCUT2D eigenvalue weighted by Crippen LogP contribution is 2.12. The lowest BCUT2D eigenvalue weighted by Crippen LogP contribution is -2.35. The molecule has 1 aliphatic rings. The zero-order valence-corrected chi connectivity index (χ0v) is 12.2. The molecule has 19 heavy (non-hydrogen) atoms. The molecule has 1 saturated heterocycles. The van der Waals surface area contributed by atoms with Gasteiger partial charge in [0.15, 0.2) is 5.13 Å². The molecule has 1 amide bonds. The van der Waals surface area contributed by atoms with Gasteiger partial charge in [0, 0.05) is 18.5 Å². The summed E-state index contributed by atoms with van der Waals surface area (Å²) >= 11 is 1.37. The maximum absolute atomic E-state index is 11.8. The molecule has 1 aromatic heterocycles. The first-order valence-electron chi connectivity index (χ1n) is 6.82. The van der Waals surface area contributed by atoms with E-state index in [-0.39, 0.29) is 5.91 Å². The van der Waals surface area contributed by atoms with E-state index >= 15 is 0 Å². The normalized spacial score (nSPS) is 17.5. The molecule has 5 nitrogen and oxygen atoms in total. The van der Waals surface area contributed by atoms with E-state index in [1.54, 1.807) is 0 Å². The number of hydrogen-bond acceptors (Lipinski definition) is 5. The lowest BCUT2D eigenvalue weighted by Gasteiger charge is -2.20. The van der Waals surface area contributed by atoms with Crippen molar-refractivity contribution < 1.29 is 4.79 Å². The standard InChI is InChI=1S/C13H22N4OS/c1-10(8-17-4-2-3-5-17)7-15-12(18)6-11-9-19-13(14)16-11/h9-10H,2-8H2,1H3,(H2,14,16)(H,15,18). The molecular weight excluding hydrogens is 260 g/mol. The molecule has 0 saturated carbocycles. The molecule has 0 bridgehead atoms. The van der Waals surface area contributed by atoms with Crippen LogP contribution in [0.5, 0.6) is 0 Å². The molecule has 106 valence electrons. The van der Waals surface area contributed by atoms with Crippen LogP contribution in [0.25, 0.3) is 0 Å². The molecule has 2 rings (SSSR count). The summed E-state index contributed by atoms with van der Waals surface area (Å²) in [4.78, 5) is 18.3. The fourth-order valence-electron chi connectivity index (χ4n) is 2.39. The number of aromatic nitrogens is 1. The number of carbonyl (C=O) groups excluding carboxylic acids is 1. The monoisotopic (exact) mass is 282 g/mol. The quantitative estimate of drug-likeness (QED) is 0.820. The second-order valence-electron chi connectivity index (χ2n) is 5.27. The van der Waals surface area contributed by atoms with Crippen LogP contribution in [0.4, 0.5) is 5.13 Å². The number of likely N-dealkylation sites (tertiary alicyclic amines) is 1. The minimum Gasteiger partial charge on any atom is -0.375 e. The summed E-state index contributed by atoms with van der Waals surface area (Å²) in [6, 6.07) is 0. The highest BCUT2D eigenvalue weighted by molar-refractivity contribution is 7.13. The summed E-state index contributed by atoms with van der Waals surface area (Å²) < 4.78 is 0. The summed E-state index contributed by atoms with van der Waals surface area (Å²) in [6.45, 7) is 6.39. The van der Waals surface area contributed by atoms with Crippen molar-refractivity contribution in [1.29, 1.82) is 0 Å². The average molecular weight is 282 g/mol. The molecule has 1 aromatic rings. The van der Waals surface area contributed by atoms with Crippen molar-refractivity contribution in [3.63, 3.8) is 0 Å². The predicted molar refractivity (Wildman–Crippen MR) is 78.1 cm³/mol. The number of nitrogens with two attached hydrogens (primary N) is 1. The van der Waals surface area contributed by atoms with E-state index in [1.165, 1.54) is 37.3 Å². The van der Waals surface area contributed by atoms with Crippen molar-refractivity contribution in [1.82, 2.24) is 15.2 Å². The second kappa shape index (κ2) is 6.86. The summed E-state index contributed by atoms with van der Waals surface area (Å²) in [5.41, 5.74) is 6.29. The zero-order valence-electron chi connectivity index (χ0n) is 11.4. The number of thiazole rings is 1. The number of amides is 1. The Morgan fingerprint density at radius 1 is 1.58 bits per heavy atom. The van der Waals surface area contributed by atoms with Gasteiger partial charge in [-0.05, 0) is 31.8 Å². The van der Waals surface area contributed by atoms with E-state index in [0.717, 1.165) is 18.8 Å². The third-order valence-corrected chi connectivity index (χ3v) is 4.05. The van der Waals surface area contributed by atoms with Gasteiger partial charge in [-0.2, -0.15) is 0 Å². The van der Waals surface area contributed by atoms with Gasteiger partial charge < -0.3 is 16.0 Å². The van der Waals surface area contributed by atoms with E-state index < -0.39 is 0 Å². The van der Waals surface area contributed by atoms with Crippen LogP contribution in [0, 0.1) is 5.92 Å². The number of carbonyl (C=O) groups is 1. The Hall–Kier alpha value is -1.14. The smallest absolute Gasteiger partial charge is 0.226 e. The molecule has 1 atom stereocenters. The van der Waals surface area contributed by atoms with Gasteiger partial charge >= 0.3 is 0 Å². The molecule has 6 heteroatoms. The highest BCUT2D eigenvalue weighted by atomic mass is 32.1. The first-order valence-corrected chi connectivity index (χ1v) is 7.70. The summed E-state index contributed by atoms with van der Waals surface area (Å²) in [5, 5.41) is 5.33. The molecule has 1 aliphatic heterocycles. The number of nitrogen functional groups attached to an aromatic ring is 1. The van der Waals surface area contributed by atoms with E-state index in [2.05, 4.69) is 22.1 Å². The number of nitrogens with one attached hydrogen (secondary N) is 1. The van der Waals surface area contributed by atoms with E-state index in [0.29, 0.717) is 17.5 Å². The van der Waals surface area contributed by atoms with Crippen LogP contribution in [0.1, 0.15) is 25.5 Å². The van der Waals surface area contributed by atoms with Gasteiger partial charge in [-0.1, -0.05) is 6.92 Å². The van der Waals surface area contributed by atoms with Gasteiger partial charge in [0.05, 0.1) is 12.1 Å². The minimum atomic E-state index is 0.0265. The van der Waals surface area contributed by atoms with Crippen LogP contribution >= 0.6 is 11.3 Å². The Morgan fingerprint density at radius 3 is 2.95 bits per heavy atom. The number of anilines is 1. The zero-order chi connectivity index (χ0) is 13.7. The first kappa shape index (κ1) is 14.3. The molecule has 1 fully saturated rings. The molecular formula is C13H22N4OS. The third-order valence-electron chi connectivity index (χ3n) is 3.33. The SMILES string of the molecule is CC(CNC(=O)Cc1csc(N)n1)CN1CCCC1. The minimum absolute atomic E-state index is 0.0265. The van der Waals surface area contributed by atoms with Crippen LogP contribution < -0.4 is 11.1 Å². The number of hydrogen-bond donors (Lipinski definition) is 2. The van der Waals surface area contributed by atoms with Crippen molar-refractivity contribution in [2.24, 2.45) is 5.92 Å². The second-order valence-corrected chi connectivity index (χ2v) is 6.16. The van der Waals surface area contributed by atoms with E-state index in [1.807, 2.05) is 5.38 Å². The largest absolute Gasteiger partial charge is 0.375 e. The Labute approximate surface area is 118 Å². The Bertz CT molecular complexity index is 415. The topological polar surface area (TPSA) is 71.2 Å². The van der Waals surface area contributed by atoms with Crippen molar-refractivity contribution in [3.8, 4) is 0 Å². The fourth-order valence-corrected chi connectivity index (χ4v) is 2.95. The third kappa shape index (κ3) is 4.80. The lowest BCUT2D eigenvalue weighted by atomic mass is 10.1. The van der Waals surface area contributed by atoms with Crippen molar-refractivity contribution in [3.05, 3.63) is 11.1 Å². The molecule has 0 aliphatic carbocycles. The van der Waals surface area contributed by atoms with Crippen LogP contribution in [-0.4, -0.2) is 42.0 Å². The van der Waals surface area contributed by atoms with Gasteiger partial charge in [-0.15, -0.1) is 11.3 Å². The average Bonchev–Trinajstić information content (AvgIpc) is 2.99. The highest BCUT2D eigenvalue weighted by Gasteiger charge is 2.15. The maximum Gasteiger partial charge on any atom is 0.226 e. The molecule has 0 spiro atoms.